The van der Waals surface area contributed by atoms with E-state index >= 15 is 0 Å². The first-order valence-corrected chi connectivity index (χ1v) is 8.82. The minimum atomic E-state index is -1.18. The number of hydrogen-bond donors (Lipinski definition) is 2. The lowest BCUT2D eigenvalue weighted by Crippen LogP contribution is -2.42. The average Bonchev–Trinajstić information content (AvgIpc) is 2.88. The molecule has 1 heterocycles. The van der Waals surface area contributed by atoms with E-state index in [1.54, 1.807) is 11.6 Å². The molecule has 0 aliphatic heterocycles. The molecule has 3 amide bonds. The molecule has 0 unspecified atom stereocenters. The van der Waals surface area contributed by atoms with Crippen molar-refractivity contribution < 1.29 is 19.1 Å². The number of carbonyl (C=O) groups is 3. The molecule has 0 aliphatic carbocycles. The molecule has 1 aromatic carbocycles. The second-order valence-electron chi connectivity index (χ2n) is 6.20. The highest BCUT2D eigenvalue weighted by Crippen LogP contribution is 2.22. The zero-order valence-electron chi connectivity index (χ0n) is 15.7. The molecule has 0 bridgehead atoms. The number of aryl methyl sites for hydroxylation is 2. The van der Waals surface area contributed by atoms with Gasteiger partial charge in [0, 0.05) is 11.6 Å². The zero-order valence-corrected chi connectivity index (χ0v) is 16.5. The van der Waals surface area contributed by atoms with Gasteiger partial charge in [-0.1, -0.05) is 41.4 Å². The normalized spacial score (nSPS) is 12.0. The van der Waals surface area contributed by atoms with Crippen LogP contribution in [0.4, 0.5) is 4.79 Å². The highest BCUT2D eigenvalue weighted by Gasteiger charge is 2.18. The number of ether oxygens (including phenoxy) is 1. The topological polar surface area (TPSA) is 116 Å². The molecule has 2 aromatic rings. The molecule has 0 spiro atoms. The van der Waals surface area contributed by atoms with Crippen LogP contribution in [-0.2, 0) is 20.9 Å². The van der Waals surface area contributed by atoms with Crippen molar-refractivity contribution in [1.82, 2.24) is 15.1 Å². The number of nitrogens with one attached hydrogen (secondary N) is 1. The van der Waals surface area contributed by atoms with Gasteiger partial charge in [-0.3, -0.25) is 10.1 Å². The van der Waals surface area contributed by atoms with Gasteiger partial charge in [0.05, 0.1) is 12.2 Å². The number of amides is 3. The first kappa shape index (κ1) is 21.2. The van der Waals surface area contributed by atoms with Crippen molar-refractivity contribution in [3.63, 3.8) is 0 Å². The van der Waals surface area contributed by atoms with E-state index in [1.165, 1.54) is 13.0 Å². The van der Waals surface area contributed by atoms with Crippen LogP contribution >= 0.6 is 11.6 Å². The Morgan fingerprint density at radius 3 is 2.54 bits per heavy atom. The number of carbonyl (C=O) groups excluding carboxylic acids is 3. The Hall–Kier alpha value is -3.13. The molecule has 148 valence electrons. The molecule has 0 aliphatic rings. The van der Waals surface area contributed by atoms with Crippen molar-refractivity contribution >= 4 is 35.6 Å². The number of primary amides is 1. The first-order valence-electron chi connectivity index (χ1n) is 8.44. The minimum Gasteiger partial charge on any atom is -0.449 e. The van der Waals surface area contributed by atoms with Crippen molar-refractivity contribution in [3.05, 3.63) is 57.9 Å². The van der Waals surface area contributed by atoms with Gasteiger partial charge in [0.25, 0.3) is 5.91 Å². The standard InChI is InChI=1S/C19H21ClN4O4/c1-11-4-6-14(7-5-11)10-24-17(20)15(12(2)23-24)8-9-16(25)28-13(3)18(26)22-19(21)27/h4-9,13H,10H2,1-3H3,(H3,21,22,26,27)/b9-8+/t13-/m0/s1. The van der Waals surface area contributed by atoms with E-state index in [0.717, 1.165) is 17.2 Å². The number of rotatable bonds is 6. The fourth-order valence-corrected chi connectivity index (χ4v) is 2.67. The van der Waals surface area contributed by atoms with Crippen LogP contribution in [0.2, 0.25) is 5.15 Å². The Kier molecular flexibility index (Phi) is 6.94. The Labute approximate surface area is 167 Å². The molecule has 9 heteroatoms. The Morgan fingerprint density at radius 1 is 1.29 bits per heavy atom. The van der Waals surface area contributed by atoms with Crippen molar-refractivity contribution in [1.29, 1.82) is 0 Å². The summed E-state index contributed by atoms with van der Waals surface area (Å²) in [5, 5.41) is 6.60. The summed E-state index contributed by atoms with van der Waals surface area (Å²) in [5.41, 5.74) is 8.25. The van der Waals surface area contributed by atoms with Gasteiger partial charge in [-0.25, -0.2) is 14.3 Å². The molecule has 0 radical (unpaired) electrons. The number of benzene rings is 1. The Morgan fingerprint density at radius 2 is 1.93 bits per heavy atom. The number of urea groups is 1. The minimum absolute atomic E-state index is 0.377. The van der Waals surface area contributed by atoms with Gasteiger partial charge >= 0.3 is 12.0 Å². The summed E-state index contributed by atoms with van der Waals surface area (Å²) in [5.74, 6) is -1.58. The van der Waals surface area contributed by atoms with E-state index in [0.29, 0.717) is 23.0 Å². The number of esters is 1. The molecule has 3 N–H and O–H groups in total. The predicted octanol–water partition coefficient (Wildman–Crippen LogP) is 2.34. The summed E-state index contributed by atoms with van der Waals surface area (Å²) >= 11 is 6.39. The van der Waals surface area contributed by atoms with Gasteiger partial charge in [-0.15, -0.1) is 0 Å². The summed E-state index contributed by atoms with van der Waals surface area (Å²) in [7, 11) is 0. The second kappa shape index (κ2) is 9.18. The molecule has 0 saturated carbocycles. The van der Waals surface area contributed by atoms with Crippen molar-refractivity contribution in [2.24, 2.45) is 5.73 Å². The maximum atomic E-state index is 11.9. The summed E-state index contributed by atoms with van der Waals surface area (Å²) < 4.78 is 6.55. The summed E-state index contributed by atoms with van der Waals surface area (Å²) in [4.78, 5) is 34.1. The van der Waals surface area contributed by atoms with Crippen LogP contribution < -0.4 is 11.1 Å². The monoisotopic (exact) mass is 404 g/mol. The third kappa shape index (κ3) is 5.68. The summed E-state index contributed by atoms with van der Waals surface area (Å²) in [6.45, 7) is 5.59. The SMILES string of the molecule is Cc1ccc(Cn2nc(C)c(/C=C/C(=O)O[C@@H](C)C(=O)NC(N)=O)c2Cl)cc1. The largest absolute Gasteiger partial charge is 0.449 e. The van der Waals surface area contributed by atoms with Crippen LogP contribution in [0.3, 0.4) is 0 Å². The number of halogens is 1. The number of nitrogens with two attached hydrogens (primary N) is 1. The highest BCUT2D eigenvalue weighted by molar-refractivity contribution is 6.31. The molecule has 28 heavy (non-hydrogen) atoms. The van der Waals surface area contributed by atoms with Gasteiger partial charge in [-0.05, 0) is 32.4 Å². The van der Waals surface area contributed by atoms with E-state index in [9.17, 15) is 14.4 Å². The van der Waals surface area contributed by atoms with Gasteiger partial charge in [0.15, 0.2) is 6.10 Å². The Bertz CT molecular complexity index is 919. The summed E-state index contributed by atoms with van der Waals surface area (Å²) in [6, 6.07) is 6.98. The van der Waals surface area contributed by atoms with Gasteiger partial charge < -0.3 is 10.5 Å². The van der Waals surface area contributed by atoms with Crippen LogP contribution in [0, 0.1) is 13.8 Å². The van der Waals surface area contributed by atoms with Crippen molar-refractivity contribution in [2.75, 3.05) is 0 Å². The molecule has 8 nitrogen and oxygen atoms in total. The zero-order chi connectivity index (χ0) is 20.8. The fraction of sp³-hybridized carbons (Fsp3) is 0.263. The predicted molar refractivity (Wildman–Crippen MR) is 105 cm³/mol. The fourth-order valence-electron chi connectivity index (χ4n) is 2.37. The smallest absolute Gasteiger partial charge is 0.331 e. The summed E-state index contributed by atoms with van der Waals surface area (Å²) in [6.07, 6.45) is 1.43. The van der Waals surface area contributed by atoms with Gasteiger partial charge in [0.1, 0.15) is 5.15 Å². The van der Waals surface area contributed by atoms with Crippen LogP contribution in [0.15, 0.2) is 30.3 Å². The average molecular weight is 405 g/mol. The third-order valence-electron chi connectivity index (χ3n) is 3.86. The van der Waals surface area contributed by atoms with Crippen LogP contribution in [0.1, 0.15) is 29.3 Å². The lowest BCUT2D eigenvalue weighted by atomic mass is 10.1. The number of imide groups is 1. The molecular formula is C19H21ClN4O4. The maximum Gasteiger partial charge on any atom is 0.331 e. The van der Waals surface area contributed by atoms with Crippen molar-refractivity contribution in [2.45, 2.75) is 33.4 Å². The van der Waals surface area contributed by atoms with Crippen LogP contribution in [0.5, 0.6) is 0 Å². The van der Waals surface area contributed by atoms with Crippen molar-refractivity contribution in [3.8, 4) is 0 Å². The molecule has 0 saturated heterocycles. The quantitative estimate of drug-likeness (QED) is 0.566. The van der Waals surface area contributed by atoms with E-state index < -0.39 is 24.0 Å². The van der Waals surface area contributed by atoms with Crippen LogP contribution in [0.25, 0.3) is 6.08 Å². The lowest BCUT2D eigenvalue weighted by molar-refractivity contribution is -0.149. The maximum absolute atomic E-state index is 11.9. The van der Waals surface area contributed by atoms with Gasteiger partial charge in [-0.2, -0.15) is 5.10 Å². The van der Waals surface area contributed by atoms with E-state index in [-0.39, 0.29) is 0 Å². The molecule has 1 aromatic heterocycles. The lowest BCUT2D eigenvalue weighted by Gasteiger charge is -2.10. The third-order valence-corrected chi connectivity index (χ3v) is 4.26. The molecule has 2 rings (SSSR count). The first-order chi connectivity index (χ1) is 13.2. The second-order valence-corrected chi connectivity index (χ2v) is 6.56. The highest BCUT2D eigenvalue weighted by atomic mass is 35.5. The molecule has 0 fully saturated rings. The van der Waals surface area contributed by atoms with Gasteiger partial charge in [0.2, 0.25) is 0 Å². The number of aromatic nitrogens is 2. The molecule has 1 atom stereocenters. The van der Waals surface area contributed by atoms with E-state index in [4.69, 9.17) is 22.1 Å². The van der Waals surface area contributed by atoms with E-state index in [1.807, 2.05) is 36.5 Å². The van der Waals surface area contributed by atoms with E-state index in [2.05, 4.69) is 5.10 Å². The number of hydrogen-bond acceptors (Lipinski definition) is 5. The molecular weight excluding hydrogens is 384 g/mol. The Balaban J connectivity index is 2.06. The van der Waals surface area contributed by atoms with Crippen LogP contribution in [-0.4, -0.2) is 33.8 Å². The number of nitrogens with zero attached hydrogens (tertiary/aromatic N) is 2.